The van der Waals surface area contributed by atoms with Gasteiger partial charge in [-0.15, -0.1) is 0 Å². The number of benzene rings is 1. The SMILES string of the molecule is COCCNC(=S)N(C)[C@H]1C[C@H]2c3[nH]c4ccccc4c3CCN2C[C@H]1[C@H](C)O. The molecule has 0 spiro atoms. The second kappa shape index (κ2) is 8.60. The van der Waals surface area contributed by atoms with Gasteiger partial charge in [0.05, 0.1) is 18.8 Å². The van der Waals surface area contributed by atoms with E-state index >= 15 is 0 Å². The van der Waals surface area contributed by atoms with E-state index in [1.807, 2.05) is 14.0 Å². The summed E-state index contributed by atoms with van der Waals surface area (Å²) < 4.78 is 5.12. The van der Waals surface area contributed by atoms with Crippen molar-refractivity contribution in [2.75, 3.05) is 40.4 Å². The van der Waals surface area contributed by atoms with Crippen molar-refractivity contribution in [2.45, 2.75) is 38.0 Å². The van der Waals surface area contributed by atoms with Crippen molar-refractivity contribution in [1.29, 1.82) is 0 Å². The van der Waals surface area contributed by atoms with Crippen molar-refractivity contribution in [3.8, 4) is 0 Å². The fourth-order valence-corrected chi connectivity index (χ4v) is 5.34. The first-order valence-corrected chi connectivity index (χ1v) is 10.9. The summed E-state index contributed by atoms with van der Waals surface area (Å²) >= 11 is 5.64. The van der Waals surface area contributed by atoms with Crippen LogP contribution >= 0.6 is 12.2 Å². The molecule has 7 heteroatoms. The molecule has 4 rings (SSSR count). The Morgan fingerprint density at radius 1 is 1.45 bits per heavy atom. The predicted octanol–water partition coefficient (Wildman–Crippen LogP) is 2.29. The van der Waals surface area contributed by atoms with Crippen LogP contribution in [0.4, 0.5) is 0 Å². The highest BCUT2D eigenvalue weighted by Gasteiger charge is 2.43. The minimum atomic E-state index is -0.380. The van der Waals surface area contributed by atoms with E-state index in [9.17, 15) is 5.11 Å². The van der Waals surface area contributed by atoms with Gasteiger partial charge in [-0.2, -0.15) is 0 Å². The van der Waals surface area contributed by atoms with Crippen molar-refractivity contribution < 1.29 is 9.84 Å². The van der Waals surface area contributed by atoms with E-state index in [1.165, 1.54) is 22.2 Å². The summed E-state index contributed by atoms with van der Waals surface area (Å²) in [5.41, 5.74) is 4.02. The molecule has 0 amide bonds. The average Bonchev–Trinajstić information content (AvgIpc) is 3.11. The third-order valence-corrected chi connectivity index (χ3v) is 7.13. The normalized spacial score (nSPS) is 25.3. The number of nitrogens with zero attached hydrogens (tertiary/aromatic N) is 2. The maximum Gasteiger partial charge on any atom is 0.169 e. The number of aromatic amines is 1. The number of aliphatic hydroxyl groups excluding tert-OH is 1. The Labute approximate surface area is 178 Å². The zero-order valence-corrected chi connectivity index (χ0v) is 18.3. The van der Waals surface area contributed by atoms with E-state index in [2.05, 4.69) is 44.4 Å². The number of ether oxygens (including phenoxy) is 1. The summed E-state index contributed by atoms with van der Waals surface area (Å²) in [5.74, 6) is 0.157. The molecule has 0 unspecified atom stereocenters. The number of nitrogens with one attached hydrogen (secondary N) is 2. The lowest BCUT2D eigenvalue weighted by Crippen LogP contribution is -2.58. The standard InChI is InChI=1S/C22H32N4O2S/c1-14(27)17-13-26-10-8-16-15-6-4-5-7-18(15)24-21(16)20(26)12-19(17)25(2)22(29)23-9-11-28-3/h4-7,14,17,19-20,24,27H,8-13H2,1-3H3,(H,23,29)/t14-,17-,19-,20-/m0/s1. The lowest BCUT2D eigenvalue weighted by molar-refractivity contribution is -0.0138. The maximum atomic E-state index is 10.5. The Morgan fingerprint density at radius 2 is 2.24 bits per heavy atom. The molecule has 6 nitrogen and oxygen atoms in total. The fourth-order valence-electron chi connectivity index (χ4n) is 5.10. The Bertz CT molecular complexity index is 868. The molecular weight excluding hydrogens is 384 g/mol. The molecule has 3 heterocycles. The third-order valence-electron chi connectivity index (χ3n) is 6.69. The van der Waals surface area contributed by atoms with Gasteiger partial charge in [-0.25, -0.2) is 0 Å². The summed E-state index contributed by atoms with van der Waals surface area (Å²) in [4.78, 5) is 8.39. The van der Waals surface area contributed by atoms with Gasteiger partial charge in [-0.1, -0.05) is 18.2 Å². The number of hydrogen-bond donors (Lipinski definition) is 3. The van der Waals surface area contributed by atoms with Crippen LogP contribution in [0, 0.1) is 5.92 Å². The Balaban J connectivity index is 1.60. The van der Waals surface area contributed by atoms with E-state index in [1.54, 1.807) is 7.11 Å². The molecule has 158 valence electrons. The molecule has 1 aromatic heterocycles. The van der Waals surface area contributed by atoms with Crippen LogP contribution in [-0.4, -0.2) is 77.5 Å². The number of methoxy groups -OCH3 is 1. The molecule has 0 bridgehead atoms. The minimum absolute atomic E-state index is 0.157. The van der Waals surface area contributed by atoms with Gasteiger partial charge in [0.25, 0.3) is 0 Å². The summed E-state index contributed by atoms with van der Waals surface area (Å²) in [7, 11) is 3.74. The monoisotopic (exact) mass is 416 g/mol. The van der Waals surface area contributed by atoms with Crippen LogP contribution in [0.5, 0.6) is 0 Å². The number of aliphatic hydroxyl groups is 1. The largest absolute Gasteiger partial charge is 0.393 e. The zero-order chi connectivity index (χ0) is 20.5. The second-order valence-electron chi connectivity index (χ2n) is 8.37. The molecule has 0 aliphatic carbocycles. The van der Waals surface area contributed by atoms with Crippen LogP contribution in [-0.2, 0) is 11.2 Å². The van der Waals surface area contributed by atoms with Crippen molar-refractivity contribution in [2.24, 2.45) is 5.92 Å². The highest BCUT2D eigenvalue weighted by Crippen LogP contribution is 2.42. The number of fused-ring (bicyclic) bond motifs is 5. The Hall–Kier alpha value is -1.67. The molecule has 4 atom stereocenters. The molecule has 2 aromatic rings. The lowest BCUT2D eigenvalue weighted by atomic mass is 9.80. The van der Waals surface area contributed by atoms with Gasteiger partial charge >= 0.3 is 0 Å². The topological polar surface area (TPSA) is 63.8 Å². The first kappa shape index (κ1) is 20.6. The fraction of sp³-hybridized carbons (Fsp3) is 0.591. The van der Waals surface area contributed by atoms with Gasteiger partial charge < -0.3 is 25.0 Å². The van der Waals surface area contributed by atoms with Crippen LogP contribution in [0.1, 0.15) is 30.6 Å². The van der Waals surface area contributed by atoms with Gasteiger partial charge in [0.15, 0.2) is 5.11 Å². The number of aromatic nitrogens is 1. The Morgan fingerprint density at radius 3 is 3.00 bits per heavy atom. The van der Waals surface area contributed by atoms with Crippen molar-refractivity contribution in [3.05, 3.63) is 35.5 Å². The van der Waals surface area contributed by atoms with E-state index in [0.29, 0.717) is 19.2 Å². The second-order valence-corrected chi connectivity index (χ2v) is 8.75. The van der Waals surface area contributed by atoms with Crippen LogP contribution < -0.4 is 5.32 Å². The molecule has 3 N–H and O–H groups in total. The lowest BCUT2D eigenvalue weighted by Gasteiger charge is -2.50. The van der Waals surface area contributed by atoms with Crippen molar-refractivity contribution >= 4 is 28.2 Å². The minimum Gasteiger partial charge on any atom is -0.393 e. The molecule has 0 radical (unpaired) electrons. The van der Waals surface area contributed by atoms with Crippen LogP contribution in [0.3, 0.4) is 0 Å². The average molecular weight is 417 g/mol. The summed E-state index contributed by atoms with van der Waals surface area (Å²) in [5, 5.41) is 15.9. The first-order valence-electron chi connectivity index (χ1n) is 10.5. The predicted molar refractivity (Wildman–Crippen MR) is 120 cm³/mol. The van der Waals surface area contributed by atoms with Crippen LogP contribution in [0.15, 0.2) is 24.3 Å². The summed E-state index contributed by atoms with van der Waals surface area (Å²) in [6, 6.07) is 9.10. The number of piperidine rings is 1. The van der Waals surface area contributed by atoms with Gasteiger partial charge in [-0.05, 0) is 43.6 Å². The Kier molecular flexibility index (Phi) is 6.11. The van der Waals surface area contributed by atoms with Crippen LogP contribution in [0.25, 0.3) is 10.9 Å². The van der Waals surface area contributed by atoms with E-state index in [4.69, 9.17) is 17.0 Å². The molecular formula is C22H32N4O2S. The summed E-state index contributed by atoms with van der Waals surface area (Å²) in [6.07, 6.45) is 1.62. The molecule has 29 heavy (non-hydrogen) atoms. The third kappa shape index (κ3) is 3.89. The number of hydrogen-bond acceptors (Lipinski definition) is 4. The van der Waals surface area contributed by atoms with Gasteiger partial charge in [0.2, 0.25) is 0 Å². The van der Waals surface area contributed by atoms with Gasteiger partial charge in [-0.3, -0.25) is 4.90 Å². The first-order chi connectivity index (χ1) is 14.0. The molecule has 1 saturated heterocycles. The van der Waals surface area contributed by atoms with Crippen molar-refractivity contribution in [3.63, 3.8) is 0 Å². The smallest absolute Gasteiger partial charge is 0.169 e. The maximum absolute atomic E-state index is 10.5. The van der Waals surface area contributed by atoms with E-state index in [-0.39, 0.29) is 18.1 Å². The molecule has 1 fully saturated rings. The van der Waals surface area contributed by atoms with Gasteiger partial charge in [0.1, 0.15) is 0 Å². The molecule has 1 aromatic carbocycles. The molecule has 2 aliphatic rings. The zero-order valence-electron chi connectivity index (χ0n) is 17.5. The van der Waals surface area contributed by atoms with Crippen LogP contribution in [0.2, 0.25) is 0 Å². The number of para-hydroxylation sites is 1. The number of thiocarbonyl (C=S) groups is 1. The number of rotatable bonds is 5. The number of H-pyrrole nitrogens is 1. The van der Waals surface area contributed by atoms with Gasteiger partial charge in [0, 0.05) is 62.3 Å². The van der Waals surface area contributed by atoms with E-state index < -0.39 is 0 Å². The van der Waals surface area contributed by atoms with E-state index in [0.717, 1.165) is 31.0 Å². The van der Waals surface area contributed by atoms with Crippen molar-refractivity contribution in [1.82, 2.24) is 20.1 Å². The molecule has 0 saturated carbocycles. The highest BCUT2D eigenvalue weighted by molar-refractivity contribution is 7.80. The quantitative estimate of drug-likeness (QED) is 0.514. The molecule has 2 aliphatic heterocycles. The highest BCUT2D eigenvalue weighted by atomic mass is 32.1. The summed E-state index contributed by atoms with van der Waals surface area (Å²) in [6.45, 7) is 5.13.